The minimum Gasteiger partial charge on any atom is -0.409 e. The van der Waals surface area contributed by atoms with Crippen molar-refractivity contribution in [3.05, 3.63) is 64.4 Å². The largest absolute Gasteiger partial charge is 0.409 e. The van der Waals surface area contributed by atoms with Gasteiger partial charge in [0.2, 0.25) is 0 Å². The maximum absolute atomic E-state index is 13.3. The van der Waals surface area contributed by atoms with Crippen LogP contribution in [-0.4, -0.2) is 18.1 Å². The highest BCUT2D eigenvalue weighted by molar-refractivity contribution is 6.31. The summed E-state index contributed by atoms with van der Waals surface area (Å²) in [6.07, 6.45) is 0. The number of nitrogens with two attached hydrogens (primary N) is 1. The van der Waals surface area contributed by atoms with Crippen LogP contribution in [0.25, 0.3) is 0 Å². The van der Waals surface area contributed by atoms with Gasteiger partial charge in [-0.15, -0.1) is 0 Å². The quantitative estimate of drug-likeness (QED) is 0.394. The first-order chi connectivity index (χ1) is 10.0. The third-order valence-corrected chi connectivity index (χ3v) is 3.50. The van der Waals surface area contributed by atoms with Crippen LogP contribution in [0.5, 0.6) is 0 Å². The molecule has 0 fully saturated rings. The van der Waals surface area contributed by atoms with E-state index in [0.717, 1.165) is 5.69 Å². The summed E-state index contributed by atoms with van der Waals surface area (Å²) < 4.78 is 13.3. The number of hydrogen-bond donors (Lipinski definition) is 2. The van der Waals surface area contributed by atoms with Gasteiger partial charge in [0, 0.05) is 29.9 Å². The molecule has 0 atom stereocenters. The molecular formula is C15H15ClFN3O. The van der Waals surface area contributed by atoms with Gasteiger partial charge in [-0.1, -0.05) is 16.8 Å². The first-order valence-electron chi connectivity index (χ1n) is 6.24. The van der Waals surface area contributed by atoms with Crippen molar-refractivity contribution in [2.75, 3.05) is 11.9 Å². The normalized spacial score (nSPS) is 11.5. The van der Waals surface area contributed by atoms with Crippen LogP contribution in [0.3, 0.4) is 0 Å². The number of rotatable bonds is 4. The van der Waals surface area contributed by atoms with Crippen LogP contribution in [0.15, 0.2) is 47.6 Å². The van der Waals surface area contributed by atoms with E-state index in [9.17, 15) is 4.39 Å². The SMILES string of the molecule is CN(Cc1cc(F)ccc1Cl)c1ccc(/C(N)=N/O)cc1. The fourth-order valence-corrected chi connectivity index (χ4v) is 2.13. The molecule has 0 amide bonds. The summed E-state index contributed by atoms with van der Waals surface area (Å²) in [5, 5.41) is 12.1. The third-order valence-electron chi connectivity index (χ3n) is 3.13. The van der Waals surface area contributed by atoms with E-state index in [1.807, 2.05) is 24.1 Å². The van der Waals surface area contributed by atoms with Crippen molar-refractivity contribution in [3.63, 3.8) is 0 Å². The van der Waals surface area contributed by atoms with Crippen molar-refractivity contribution in [3.8, 4) is 0 Å². The van der Waals surface area contributed by atoms with Crippen molar-refractivity contribution in [2.45, 2.75) is 6.54 Å². The second-order valence-corrected chi connectivity index (χ2v) is 5.03. The topological polar surface area (TPSA) is 61.8 Å². The number of benzene rings is 2. The lowest BCUT2D eigenvalue weighted by Crippen LogP contribution is -2.17. The number of nitrogens with zero attached hydrogens (tertiary/aromatic N) is 2. The van der Waals surface area contributed by atoms with Crippen molar-refractivity contribution in [2.24, 2.45) is 10.9 Å². The smallest absolute Gasteiger partial charge is 0.170 e. The number of anilines is 1. The molecule has 0 saturated carbocycles. The highest BCUT2D eigenvalue weighted by atomic mass is 35.5. The third kappa shape index (κ3) is 3.64. The molecule has 0 aliphatic carbocycles. The van der Waals surface area contributed by atoms with Gasteiger partial charge >= 0.3 is 0 Å². The molecule has 0 aliphatic rings. The van der Waals surface area contributed by atoms with E-state index in [1.165, 1.54) is 12.1 Å². The number of halogens is 2. The molecule has 3 N–H and O–H groups in total. The van der Waals surface area contributed by atoms with Crippen LogP contribution >= 0.6 is 11.6 Å². The van der Waals surface area contributed by atoms with Gasteiger partial charge in [0.1, 0.15) is 5.82 Å². The number of amidine groups is 1. The van der Waals surface area contributed by atoms with E-state index < -0.39 is 0 Å². The van der Waals surface area contributed by atoms with Gasteiger partial charge in [-0.25, -0.2) is 4.39 Å². The van der Waals surface area contributed by atoms with Gasteiger partial charge < -0.3 is 15.8 Å². The Morgan fingerprint density at radius 2 is 1.95 bits per heavy atom. The van der Waals surface area contributed by atoms with Crippen LogP contribution < -0.4 is 10.6 Å². The molecule has 2 rings (SSSR count). The first-order valence-corrected chi connectivity index (χ1v) is 6.62. The molecule has 4 nitrogen and oxygen atoms in total. The molecule has 2 aromatic carbocycles. The van der Waals surface area contributed by atoms with Gasteiger partial charge in [-0.2, -0.15) is 0 Å². The van der Waals surface area contributed by atoms with E-state index in [-0.39, 0.29) is 11.7 Å². The van der Waals surface area contributed by atoms with Crippen LogP contribution in [0.1, 0.15) is 11.1 Å². The van der Waals surface area contributed by atoms with E-state index >= 15 is 0 Å². The summed E-state index contributed by atoms with van der Waals surface area (Å²) in [5.41, 5.74) is 7.75. The Balaban J connectivity index is 2.16. The highest BCUT2D eigenvalue weighted by Gasteiger charge is 2.08. The predicted octanol–water partition coefficient (Wildman–Crippen LogP) is 3.21. The molecule has 6 heteroatoms. The molecule has 0 radical (unpaired) electrons. The summed E-state index contributed by atoms with van der Waals surface area (Å²) in [6.45, 7) is 0.472. The zero-order chi connectivity index (χ0) is 15.4. The van der Waals surface area contributed by atoms with Crippen LogP contribution in [-0.2, 0) is 6.54 Å². The molecule has 110 valence electrons. The summed E-state index contributed by atoms with van der Waals surface area (Å²) in [6, 6.07) is 11.5. The Hall–Kier alpha value is -2.27. The fraction of sp³-hybridized carbons (Fsp3) is 0.133. The predicted molar refractivity (Wildman–Crippen MR) is 82.5 cm³/mol. The summed E-state index contributed by atoms with van der Waals surface area (Å²) >= 11 is 6.06. The van der Waals surface area contributed by atoms with Crippen molar-refractivity contribution < 1.29 is 9.60 Å². The minimum atomic E-state index is -0.315. The second-order valence-electron chi connectivity index (χ2n) is 4.62. The number of oxime groups is 1. The monoisotopic (exact) mass is 307 g/mol. The van der Waals surface area contributed by atoms with Gasteiger partial charge in [0.25, 0.3) is 0 Å². The van der Waals surface area contributed by atoms with Gasteiger partial charge in [0.15, 0.2) is 5.84 Å². The second kappa shape index (κ2) is 6.45. The molecule has 0 heterocycles. The van der Waals surface area contributed by atoms with Crippen molar-refractivity contribution >= 4 is 23.1 Å². The molecular weight excluding hydrogens is 293 g/mol. The molecule has 0 spiro atoms. The lowest BCUT2D eigenvalue weighted by Gasteiger charge is -2.20. The Labute approximate surface area is 127 Å². The van der Waals surface area contributed by atoms with Gasteiger partial charge in [0.05, 0.1) is 0 Å². The maximum Gasteiger partial charge on any atom is 0.170 e. The fourth-order valence-electron chi connectivity index (χ4n) is 1.96. The maximum atomic E-state index is 13.3. The minimum absolute atomic E-state index is 0.0531. The molecule has 0 aliphatic heterocycles. The Kier molecular flexibility index (Phi) is 4.65. The lowest BCUT2D eigenvalue weighted by molar-refractivity contribution is 0.318. The van der Waals surface area contributed by atoms with E-state index in [1.54, 1.807) is 18.2 Å². The molecule has 0 unspecified atom stereocenters. The first kappa shape index (κ1) is 15.1. The van der Waals surface area contributed by atoms with E-state index in [0.29, 0.717) is 22.7 Å². The summed E-state index contributed by atoms with van der Waals surface area (Å²) in [7, 11) is 1.87. The highest BCUT2D eigenvalue weighted by Crippen LogP contribution is 2.22. The molecule has 21 heavy (non-hydrogen) atoms. The average Bonchev–Trinajstić information content (AvgIpc) is 2.50. The lowest BCUT2D eigenvalue weighted by atomic mass is 10.1. The van der Waals surface area contributed by atoms with Gasteiger partial charge in [-0.05, 0) is 48.0 Å². The molecule has 0 aromatic heterocycles. The summed E-state index contributed by atoms with van der Waals surface area (Å²) in [4.78, 5) is 1.93. The zero-order valence-electron chi connectivity index (χ0n) is 11.4. The number of hydrogen-bond acceptors (Lipinski definition) is 3. The summed E-state index contributed by atoms with van der Waals surface area (Å²) in [5.74, 6) is -0.262. The molecule has 0 saturated heterocycles. The molecule has 0 bridgehead atoms. The van der Waals surface area contributed by atoms with E-state index in [2.05, 4.69) is 5.16 Å². The average molecular weight is 308 g/mol. The van der Waals surface area contributed by atoms with Crippen LogP contribution in [0.4, 0.5) is 10.1 Å². The van der Waals surface area contributed by atoms with E-state index in [4.69, 9.17) is 22.5 Å². The zero-order valence-corrected chi connectivity index (χ0v) is 12.2. The Bertz CT molecular complexity index is 658. The standard InChI is InChI=1S/C15H15ClFN3O/c1-20(9-11-8-12(17)4-7-14(11)16)13-5-2-10(3-6-13)15(18)19-21/h2-8,21H,9H2,1H3,(H2,18,19). The van der Waals surface area contributed by atoms with Crippen LogP contribution in [0, 0.1) is 5.82 Å². The Morgan fingerprint density at radius 3 is 2.57 bits per heavy atom. The van der Waals surface area contributed by atoms with Crippen molar-refractivity contribution in [1.82, 2.24) is 0 Å². The van der Waals surface area contributed by atoms with Gasteiger partial charge in [-0.3, -0.25) is 0 Å². The molecule has 2 aromatic rings. The van der Waals surface area contributed by atoms with Crippen LogP contribution in [0.2, 0.25) is 5.02 Å². The van der Waals surface area contributed by atoms with Crippen molar-refractivity contribution in [1.29, 1.82) is 0 Å². The Morgan fingerprint density at radius 1 is 1.29 bits per heavy atom.